The van der Waals surface area contributed by atoms with Crippen LogP contribution >= 0.6 is 0 Å². The molecule has 26 heavy (non-hydrogen) atoms. The van der Waals surface area contributed by atoms with Crippen LogP contribution in [0, 0.1) is 0 Å². The van der Waals surface area contributed by atoms with E-state index in [0.29, 0.717) is 24.0 Å². The van der Waals surface area contributed by atoms with Crippen LogP contribution in [0.1, 0.15) is 20.3 Å². The van der Waals surface area contributed by atoms with E-state index in [0.717, 1.165) is 0 Å². The van der Waals surface area contributed by atoms with Crippen LogP contribution in [-0.4, -0.2) is 61.2 Å². The van der Waals surface area contributed by atoms with Crippen molar-refractivity contribution < 1.29 is 15.0 Å². The topological polar surface area (TPSA) is 142 Å². The smallest absolute Gasteiger partial charge is 0.261 e. The number of carbonyl (C=O) groups is 1. The Kier molecular flexibility index (Phi) is 4.65. The molecule has 5 N–H and O–H groups in total. The molecule has 0 unspecified atom stereocenters. The Bertz CT molecular complexity index is 807. The van der Waals surface area contributed by atoms with Crippen LogP contribution in [0.15, 0.2) is 24.7 Å². The van der Waals surface area contributed by atoms with Crippen molar-refractivity contribution in [3.05, 3.63) is 24.7 Å². The van der Waals surface area contributed by atoms with Crippen molar-refractivity contribution in [3.63, 3.8) is 0 Å². The molecule has 140 valence electrons. The Balaban J connectivity index is 1.78. The summed E-state index contributed by atoms with van der Waals surface area (Å²) in [6.45, 7) is 3.88. The van der Waals surface area contributed by atoms with Gasteiger partial charge in [0.15, 0.2) is 5.60 Å². The van der Waals surface area contributed by atoms with Crippen LogP contribution in [0.4, 0.5) is 17.5 Å². The maximum absolute atomic E-state index is 12.4. The molecule has 2 aromatic rings. The number of anilines is 3. The maximum Gasteiger partial charge on any atom is 0.261 e. The molecule has 0 aromatic carbocycles. The second-order valence-electron chi connectivity index (χ2n) is 6.95. The van der Waals surface area contributed by atoms with Crippen molar-refractivity contribution in [2.24, 2.45) is 5.73 Å². The molecule has 1 fully saturated rings. The highest BCUT2D eigenvalue weighted by Gasteiger charge is 2.45. The van der Waals surface area contributed by atoms with E-state index in [1.54, 1.807) is 23.1 Å². The third-order valence-corrected chi connectivity index (χ3v) is 4.49. The van der Waals surface area contributed by atoms with E-state index < -0.39 is 17.0 Å². The molecule has 1 saturated heterocycles. The quantitative estimate of drug-likeness (QED) is 0.543. The van der Waals surface area contributed by atoms with Crippen LogP contribution in [0.3, 0.4) is 0 Å². The van der Waals surface area contributed by atoms with E-state index in [4.69, 9.17) is 5.73 Å². The highest BCUT2D eigenvalue weighted by molar-refractivity contribution is 6.01. The van der Waals surface area contributed by atoms with E-state index in [1.807, 2.05) is 13.8 Å². The number of rotatable bonds is 6. The average molecular weight is 361 g/mol. The monoisotopic (exact) mass is 361 g/mol. The first-order chi connectivity index (χ1) is 12.3. The summed E-state index contributed by atoms with van der Waals surface area (Å²) in [5.74, 6) is 0.224. The second-order valence-corrected chi connectivity index (χ2v) is 6.95. The number of aromatic nitrogens is 4. The van der Waals surface area contributed by atoms with Gasteiger partial charge in [-0.1, -0.05) is 0 Å². The van der Waals surface area contributed by atoms with Gasteiger partial charge in [0.2, 0.25) is 5.95 Å². The minimum Gasteiger partial charge on any atom is -0.394 e. The summed E-state index contributed by atoms with van der Waals surface area (Å²) in [6, 6.07) is 1.60. The maximum atomic E-state index is 12.4. The van der Waals surface area contributed by atoms with Crippen molar-refractivity contribution in [2.75, 3.05) is 29.9 Å². The zero-order valence-corrected chi connectivity index (χ0v) is 14.8. The lowest BCUT2D eigenvalue weighted by Gasteiger charge is -2.22. The first-order valence-corrected chi connectivity index (χ1v) is 8.29. The van der Waals surface area contributed by atoms with Crippen molar-refractivity contribution >= 4 is 23.4 Å². The van der Waals surface area contributed by atoms with Crippen LogP contribution in [0.2, 0.25) is 0 Å². The molecule has 0 aliphatic carbocycles. The van der Waals surface area contributed by atoms with Crippen LogP contribution in [0.25, 0.3) is 0 Å². The van der Waals surface area contributed by atoms with Crippen LogP contribution < -0.4 is 16.0 Å². The molecular weight excluding hydrogens is 338 g/mol. The summed E-state index contributed by atoms with van der Waals surface area (Å²) in [7, 11) is 0. The third kappa shape index (κ3) is 3.26. The lowest BCUT2D eigenvalue weighted by molar-refractivity contribution is -0.132. The van der Waals surface area contributed by atoms with Crippen LogP contribution in [0.5, 0.6) is 0 Å². The SMILES string of the molecule is CC(C)(CO)n1cc(Nc2nccc(N3CC[C@](O)(CN)C3=O)n2)cn1. The van der Waals surface area contributed by atoms with Crippen LogP contribution in [-0.2, 0) is 10.3 Å². The van der Waals surface area contributed by atoms with Crippen molar-refractivity contribution in [3.8, 4) is 0 Å². The Morgan fingerprint density at radius 3 is 2.88 bits per heavy atom. The molecule has 2 aromatic heterocycles. The van der Waals surface area contributed by atoms with Gasteiger partial charge in [0.05, 0.1) is 24.0 Å². The molecule has 0 radical (unpaired) electrons. The summed E-state index contributed by atoms with van der Waals surface area (Å²) < 4.78 is 1.64. The second kappa shape index (κ2) is 6.63. The molecule has 10 nitrogen and oxygen atoms in total. The van der Waals surface area contributed by atoms with Gasteiger partial charge < -0.3 is 21.3 Å². The highest BCUT2D eigenvalue weighted by Crippen LogP contribution is 2.27. The average Bonchev–Trinajstić information content (AvgIpc) is 3.22. The Morgan fingerprint density at radius 2 is 2.23 bits per heavy atom. The number of nitrogens with one attached hydrogen (secondary N) is 1. The number of aliphatic hydroxyl groups is 2. The molecule has 0 spiro atoms. The molecule has 0 saturated carbocycles. The number of hydrogen-bond donors (Lipinski definition) is 4. The van der Waals surface area contributed by atoms with Gasteiger partial charge in [-0.2, -0.15) is 10.1 Å². The normalized spacial score (nSPS) is 20.7. The van der Waals surface area contributed by atoms with E-state index >= 15 is 0 Å². The fraction of sp³-hybridized carbons (Fsp3) is 0.500. The summed E-state index contributed by atoms with van der Waals surface area (Å²) >= 11 is 0. The van der Waals surface area contributed by atoms with Gasteiger partial charge in [-0.25, -0.2) is 4.98 Å². The predicted octanol–water partition coefficient (Wildman–Crippen LogP) is -0.429. The molecule has 1 aliphatic rings. The minimum atomic E-state index is -1.53. The Morgan fingerprint density at radius 1 is 1.46 bits per heavy atom. The number of nitrogens with zero attached hydrogens (tertiary/aromatic N) is 5. The molecule has 1 atom stereocenters. The Labute approximate surface area is 150 Å². The van der Waals surface area contributed by atoms with Crippen molar-refractivity contribution in [1.29, 1.82) is 0 Å². The summed E-state index contributed by atoms with van der Waals surface area (Å²) in [4.78, 5) is 22.2. The first-order valence-electron chi connectivity index (χ1n) is 8.29. The molecular formula is C16H23N7O3. The third-order valence-electron chi connectivity index (χ3n) is 4.49. The summed E-state index contributed by atoms with van der Waals surface area (Å²) in [5, 5.41) is 26.9. The summed E-state index contributed by atoms with van der Waals surface area (Å²) in [5.41, 5.74) is 4.10. The molecule has 3 heterocycles. The number of amides is 1. The predicted molar refractivity (Wildman–Crippen MR) is 94.9 cm³/mol. The Hall–Kier alpha value is -2.56. The fourth-order valence-electron chi connectivity index (χ4n) is 2.64. The zero-order valence-electron chi connectivity index (χ0n) is 14.8. The number of nitrogens with two attached hydrogens (primary N) is 1. The van der Waals surface area contributed by atoms with E-state index in [1.165, 1.54) is 11.1 Å². The number of aliphatic hydroxyl groups excluding tert-OH is 1. The van der Waals surface area contributed by atoms with E-state index in [2.05, 4.69) is 20.4 Å². The lowest BCUT2D eigenvalue weighted by atomic mass is 10.0. The molecule has 0 bridgehead atoms. The van der Waals surface area contributed by atoms with Gasteiger partial charge in [0.25, 0.3) is 5.91 Å². The van der Waals surface area contributed by atoms with Gasteiger partial charge in [0.1, 0.15) is 5.82 Å². The van der Waals surface area contributed by atoms with E-state index in [9.17, 15) is 15.0 Å². The number of carbonyl (C=O) groups excluding carboxylic acids is 1. The van der Waals surface area contributed by atoms with Gasteiger partial charge >= 0.3 is 0 Å². The molecule has 10 heteroatoms. The number of hydrogen-bond acceptors (Lipinski definition) is 8. The highest BCUT2D eigenvalue weighted by atomic mass is 16.3. The van der Waals surface area contributed by atoms with Gasteiger partial charge in [0, 0.05) is 31.9 Å². The zero-order chi connectivity index (χ0) is 18.9. The lowest BCUT2D eigenvalue weighted by Crippen LogP contribution is -2.46. The summed E-state index contributed by atoms with van der Waals surface area (Å²) in [6.07, 6.45) is 5.13. The molecule has 3 rings (SSSR count). The van der Waals surface area contributed by atoms with Gasteiger partial charge in [-0.15, -0.1) is 0 Å². The molecule has 1 aliphatic heterocycles. The standard InChI is InChI=1S/C16H23N7O3/c1-15(2,10-24)23-8-11(7-19-23)20-14-18-5-3-12(21-14)22-6-4-16(26,9-17)13(22)25/h3,5,7-8,24,26H,4,6,9-10,17H2,1-2H3,(H,18,20,21)/t16-/m0/s1. The van der Waals surface area contributed by atoms with E-state index in [-0.39, 0.29) is 19.6 Å². The largest absolute Gasteiger partial charge is 0.394 e. The fourth-order valence-corrected chi connectivity index (χ4v) is 2.64. The minimum absolute atomic E-state index is 0.0543. The van der Waals surface area contributed by atoms with Gasteiger partial charge in [-0.3, -0.25) is 14.4 Å². The first kappa shape index (κ1) is 18.2. The van der Waals surface area contributed by atoms with Crippen molar-refractivity contribution in [2.45, 2.75) is 31.4 Å². The van der Waals surface area contributed by atoms with Gasteiger partial charge in [-0.05, 0) is 19.9 Å². The van der Waals surface area contributed by atoms with Crippen molar-refractivity contribution in [1.82, 2.24) is 19.7 Å². The molecule has 1 amide bonds.